The molecule has 0 radical (unpaired) electrons. The number of hydrogen-bond donors (Lipinski definition) is 2. The Labute approximate surface area is 234 Å². The van der Waals surface area contributed by atoms with E-state index in [4.69, 9.17) is 4.74 Å². The van der Waals surface area contributed by atoms with Gasteiger partial charge in [0.15, 0.2) is 0 Å². The highest BCUT2D eigenvalue weighted by atomic mass is 19.4. The Kier molecular flexibility index (Phi) is 9.50. The van der Waals surface area contributed by atoms with E-state index in [2.05, 4.69) is 15.4 Å². The SMILES string of the molecule is CC(C)N1C(=O)C(NC(=O)C(Cc2ccccc2OC(F)(F)F)NC(=O)OC(C)(C)C)CCc2cc(F)cc(F)c21. The lowest BCUT2D eigenvalue weighted by Crippen LogP contribution is -2.56. The zero-order chi connectivity index (χ0) is 30.7. The number of rotatable bonds is 7. The van der Waals surface area contributed by atoms with Gasteiger partial charge in [-0.05, 0) is 70.7 Å². The number of carbonyl (C=O) groups is 3. The van der Waals surface area contributed by atoms with Crippen LogP contribution in [0.1, 0.15) is 52.2 Å². The van der Waals surface area contributed by atoms with Crippen LogP contribution < -0.4 is 20.3 Å². The standard InChI is InChI=1S/C28H32F5N3O5/c1-15(2)36-23-17(12-18(29)14-19(23)30)10-11-20(25(36)38)34-24(37)21(35-26(39)41-27(3,4)5)13-16-8-6-7-9-22(16)40-28(31,32)33/h6-9,12,14-15,20-21H,10-11,13H2,1-5H3,(H,34,37)(H,35,39). The number of fused-ring (bicyclic) bond motifs is 1. The fourth-order valence-electron chi connectivity index (χ4n) is 4.48. The minimum atomic E-state index is -5.01. The molecule has 0 aliphatic carbocycles. The molecule has 1 aliphatic heterocycles. The first-order valence-corrected chi connectivity index (χ1v) is 12.9. The summed E-state index contributed by atoms with van der Waals surface area (Å²) in [5, 5.41) is 4.89. The van der Waals surface area contributed by atoms with Gasteiger partial charge < -0.3 is 25.0 Å². The fraction of sp³-hybridized carbons (Fsp3) is 0.464. The number of nitrogens with one attached hydrogen (secondary N) is 2. The Bertz CT molecular complexity index is 1290. The lowest BCUT2D eigenvalue weighted by molar-refractivity contribution is -0.274. The van der Waals surface area contributed by atoms with Gasteiger partial charge in [-0.25, -0.2) is 13.6 Å². The normalized spacial score (nSPS) is 16.5. The Morgan fingerprint density at radius 2 is 1.76 bits per heavy atom. The van der Waals surface area contributed by atoms with Crippen LogP contribution in [-0.2, 0) is 27.2 Å². The lowest BCUT2D eigenvalue weighted by Gasteiger charge is -2.31. The molecule has 2 N–H and O–H groups in total. The molecule has 224 valence electrons. The van der Waals surface area contributed by atoms with E-state index >= 15 is 0 Å². The van der Waals surface area contributed by atoms with Crippen LogP contribution in [0.15, 0.2) is 36.4 Å². The molecule has 1 heterocycles. The number of ether oxygens (including phenoxy) is 2. The molecule has 0 saturated carbocycles. The molecule has 2 unspecified atom stereocenters. The molecule has 8 nitrogen and oxygen atoms in total. The van der Waals surface area contributed by atoms with E-state index in [0.29, 0.717) is 6.07 Å². The predicted octanol–water partition coefficient (Wildman–Crippen LogP) is 5.17. The number of halogens is 5. The van der Waals surface area contributed by atoms with E-state index in [1.807, 2.05) is 0 Å². The largest absolute Gasteiger partial charge is 0.573 e. The van der Waals surface area contributed by atoms with Gasteiger partial charge in [0.2, 0.25) is 11.8 Å². The molecule has 2 aromatic carbocycles. The number of hydrogen-bond acceptors (Lipinski definition) is 5. The van der Waals surface area contributed by atoms with Crippen LogP contribution in [-0.4, -0.2) is 48.0 Å². The van der Waals surface area contributed by atoms with Gasteiger partial charge in [0.1, 0.15) is 35.1 Å². The van der Waals surface area contributed by atoms with Crippen molar-refractivity contribution in [2.75, 3.05) is 4.90 Å². The van der Waals surface area contributed by atoms with E-state index in [9.17, 15) is 36.3 Å². The topological polar surface area (TPSA) is 97.0 Å². The quantitative estimate of drug-likeness (QED) is 0.437. The van der Waals surface area contributed by atoms with Crippen molar-refractivity contribution in [1.29, 1.82) is 0 Å². The maximum atomic E-state index is 14.8. The van der Waals surface area contributed by atoms with Crippen LogP contribution in [0.3, 0.4) is 0 Å². The van der Waals surface area contributed by atoms with Crippen molar-refractivity contribution >= 4 is 23.6 Å². The first-order chi connectivity index (χ1) is 18.9. The number of carbonyl (C=O) groups excluding carboxylic acids is 3. The van der Waals surface area contributed by atoms with Gasteiger partial charge in [0, 0.05) is 18.5 Å². The highest BCUT2D eigenvalue weighted by Gasteiger charge is 2.37. The van der Waals surface area contributed by atoms with Crippen LogP contribution in [0.4, 0.5) is 32.4 Å². The minimum Gasteiger partial charge on any atom is -0.444 e. The van der Waals surface area contributed by atoms with E-state index < -0.39 is 71.8 Å². The summed E-state index contributed by atoms with van der Waals surface area (Å²) in [5.74, 6) is -3.90. The number of nitrogens with zero attached hydrogens (tertiary/aromatic N) is 1. The monoisotopic (exact) mass is 585 g/mol. The molecule has 1 aliphatic rings. The molecule has 2 aromatic rings. The number of anilines is 1. The molecule has 41 heavy (non-hydrogen) atoms. The Balaban J connectivity index is 1.92. The molecule has 0 bridgehead atoms. The second kappa shape index (κ2) is 12.3. The summed E-state index contributed by atoms with van der Waals surface area (Å²) in [6.07, 6.45) is -6.48. The fourth-order valence-corrected chi connectivity index (χ4v) is 4.48. The van der Waals surface area contributed by atoms with Crippen LogP contribution in [0.2, 0.25) is 0 Å². The van der Waals surface area contributed by atoms with Gasteiger partial charge in [0.25, 0.3) is 0 Å². The van der Waals surface area contributed by atoms with E-state index in [-0.39, 0.29) is 29.7 Å². The van der Waals surface area contributed by atoms with Crippen LogP contribution in [0.25, 0.3) is 0 Å². The molecule has 3 amide bonds. The van der Waals surface area contributed by atoms with Crippen molar-refractivity contribution in [1.82, 2.24) is 10.6 Å². The number of para-hydroxylation sites is 1. The first kappa shape index (κ1) is 31.6. The van der Waals surface area contributed by atoms with E-state index in [1.165, 1.54) is 18.2 Å². The summed E-state index contributed by atoms with van der Waals surface area (Å²) in [4.78, 5) is 40.7. The molecule has 13 heteroatoms. The predicted molar refractivity (Wildman–Crippen MR) is 139 cm³/mol. The van der Waals surface area contributed by atoms with Crippen molar-refractivity contribution < 1.29 is 45.8 Å². The van der Waals surface area contributed by atoms with Gasteiger partial charge >= 0.3 is 12.5 Å². The zero-order valence-electron chi connectivity index (χ0n) is 23.2. The minimum absolute atomic E-state index is 0.0311. The Hall–Kier alpha value is -3.90. The summed E-state index contributed by atoms with van der Waals surface area (Å²) < 4.78 is 77.0. The third-order valence-electron chi connectivity index (χ3n) is 6.05. The van der Waals surface area contributed by atoms with Gasteiger partial charge in [-0.15, -0.1) is 13.2 Å². The first-order valence-electron chi connectivity index (χ1n) is 12.9. The lowest BCUT2D eigenvalue weighted by atomic mass is 10.0. The molecule has 0 saturated heterocycles. The molecular weight excluding hydrogens is 553 g/mol. The number of amides is 3. The van der Waals surface area contributed by atoms with Crippen molar-refractivity contribution in [3.8, 4) is 5.75 Å². The Morgan fingerprint density at radius 1 is 1.10 bits per heavy atom. The van der Waals surface area contributed by atoms with Crippen LogP contribution >= 0.6 is 0 Å². The molecule has 0 aromatic heterocycles. The average Bonchev–Trinajstić information content (AvgIpc) is 2.94. The highest BCUT2D eigenvalue weighted by molar-refractivity contribution is 6.01. The Morgan fingerprint density at radius 3 is 2.37 bits per heavy atom. The molecule has 2 atom stereocenters. The average molecular weight is 586 g/mol. The van der Waals surface area contributed by atoms with Crippen molar-refractivity contribution in [3.63, 3.8) is 0 Å². The second-order valence-corrected chi connectivity index (χ2v) is 10.9. The van der Waals surface area contributed by atoms with E-state index in [1.54, 1.807) is 34.6 Å². The zero-order valence-corrected chi connectivity index (χ0v) is 23.2. The second-order valence-electron chi connectivity index (χ2n) is 10.9. The number of aryl methyl sites for hydroxylation is 1. The third-order valence-corrected chi connectivity index (χ3v) is 6.05. The molecule has 3 rings (SSSR count). The third kappa shape index (κ3) is 8.54. The maximum absolute atomic E-state index is 14.8. The summed E-state index contributed by atoms with van der Waals surface area (Å²) in [6, 6.07) is 3.60. The van der Waals surface area contributed by atoms with Gasteiger partial charge in [0.05, 0.1) is 5.69 Å². The van der Waals surface area contributed by atoms with Gasteiger partial charge in [-0.2, -0.15) is 0 Å². The number of benzene rings is 2. The highest BCUT2D eigenvalue weighted by Crippen LogP contribution is 2.33. The van der Waals surface area contributed by atoms with Gasteiger partial charge in [-0.1, -0.05) is 18.2 Å². The summed E-state index contributed by atoms with van der Waals surface area (Å²) in [7, 11) is 0. The van der Waals surface area contributed by atoms with Crippen molar-refractivity contribution in [2.24, 2.45) is 0 Å². The summed E-state index contributed by atoms with van der Waals surface area (Å²) in [6.45, 7) is 7.99. The molecular formula is C28H32F5N3O5. The van der Waals surface area contributed by atoms with Crippen molar-refractivity contribution in [3.05, 3.63) is 59.2 Å². The van der Waals surface area contributed by atoms with Crippen molar-refractivity contribution in [2.45, 2.75) is 84.0 Å². The molecule has 0 fully saturated rings. The maximum Gasteiger partial charge on any atom is 0.573 e. The molecule has 0 spiro atoms. The summed E-state index contributed by atoms with van der Waals surface area (Å²) >= 11 is 0. The summed E-state index contributed by atoms with van der Waals surface area (Å²) in [5.41, 5.74) is -0.863. The van der Waals surface area contributed by atoms with E-state index in [0.717, 1.165) is 17.0 Å². The van der Waals surface area contributed by atoms with Crippen LogP contribution in [0.5, 0.6) is 5.75 Å². The number of alkyl carbamates (subject to hydrolysis) is 1. The smallest absolute Gasteiger partial charge is 0.444 e. The van der Waals surface area contributed by atoms with Gasteiger partial charge in [-0.3, -0.25) is 9.59 Å². The number of alkyl halides is 3. The van der Waals surface area contributed by atoms with Crippen LogP contribution in [0, 0.1) is 11.6 Å².